The Labute approximate surface area is 121 Å². The van der Waals surface area contributed by atoms with Crippen molar-refractivity contribution in [2.45, 2.75) is 18.6 Å². The van der Waals surface area contributed by atoms with Crippen molar-refractivity contribution < 1.29 is 19.4 Å². The Kier molecular flexibility index (Phi) is 3.54. The van der Waals surface area contributed by atoms with Crippen LogP contribution in [0.25, 0.3) is 0 Å². The molecule has 0 unspecified atom stereocenters. The summed E-state index contributed by atoms with van der Waals surface area (Å²) in [6, 6.07) is 2.87. The largest absolute Gasteiger partial charge is 0.478 e. The molecule has 2 aliphatic rings. The van der Waals surface area contributed by atoms with Gasteiger partial charge in [0.15, 0.2) is 5.79 Å². The number of rotatable bonds is 2. The number of aromatic nitrogens is 1. The van der Waals surface area contributed by atoms with Crippen molar-refractivity contribution >= 4 is 23.4 Å². The van der Waals surface area contributed by atoms with Crippen molar-refractivity contribution in [3.05, 3.63) is 22.8 Å². The Morgan fingerprint density at radius 2 is 2.15 bits per heavy atom. The molecule has 3 heterocycles. The van der Waals surface area contributed by atoms with Crippen LogP contribution in [0.2, 0.25) is 5.15 Å². The molecule has 108 valence electrons. The third kappa shape index (κ3) is 2.59. The fourth-order valence-corrected chi connectivity index (χ4v) is 2.89. The van der Waals surface area contributed by atoms with Gasteiger partial charge in [-0.1, -0.05) is 11.6 Å². The molecule has 7 heteroatoms. The maximum Gasteiger partial charge on any atom is 0.335 e. The van der Waals surface area contributed by atoms with E-state index in [0.29, 0.717) is 25.6 Å². The molecule has 1 spiro atoms. The molecule has 2 aliphatic heterocycles. The molecule has 0 aromatic carbocycles. The van der Waals surface area contributed by atoms with Gasteiger partial charge < -0.3 is 19.5 Å². The van der Waals surface area contributed by atoms with Gasteiger partial charge in [-0.15, -0.1) is 0 Å². The van der Waals surface area contributed by atoms with Crippen LogP contribution in [-0.2, 0) is 9.47 Å². The van der Waals surface area contributed by atoms with E-state index in [2.05, 4.69) is 4.98 Å². The number of halogens is 1. The number of hydrogen-bond donors (Lipinski definition) is 1. The van der Waals surface area contributed by atoms with Crippen LogP contribution in [0, 0.1) is 0 Å². The number of anilines is 1. The van der Waals surface area contributed by atoms with E-state index in [1.165, 1.54) is 12.1 Å². The zero-order valence-corrected chi connectivity index (χ0v) is 11.6. The summed E-state index contributed by atoms with van der Waals surface area (Å²) in [6.45, 7) is 2.51. The molecule has 20 heavy (non-hydrogen) atoms. The number of pyridine rings is 1. The highest BCUT2D eigenvalue weighted by molar-refractivity contribution is 6.29. The van der Waals surface area contributed by atoms with Crippen molar-refractivity contribution in [2.24, 2.45) is 0 Å². The fourth-order valence-electron chi connectivity index (χ4n) is 2.68. The highest BCUT2D eigenvalue weighted by atomic mass is 35.5. The molecule has 0 bridgehead atoms. The summed E-state index contributed by atoms with van der Waals surface area (Å²) in [6.07, 6.45) is 1.74. The van der Waals surface area contributed by atoms with Gasteiger partial charge in [-0.3, -0.25) is 0 Å². The van der Waals surface area contributed by atoms with Crippen LogP contribution in [-0.4, -0.2) is 48.2 Å². The van der Waals surface area contributed by atoms with Crippen LogP contribution in [0.5, 0.6) is 0 Å². The van der Waals surface area contributed by atoms with Gasteiger partial charge in [-0.05, 0) is 18.6 Å². The van der Waals surface area contributed by atoms with Gasteiger partial charge in [0, 0.05) is 13.0 Å². The third-order valence-electron chi connectivity index (χ3n) is 3.58. The van der Waals surface area contributed by atoms with E-state index in [9.17, 15) is 4.79 Å². The van der Waals surface area contributed by atoms with E-state index in [4.69, 9.17) is 26.2 Å². The fraction of sp³-hybridized carbons (Fsp3) is 0.538. The number of piperidine rings is 1. The van der Waals surface area contributed by atoms with Crippen molar-refractivity contribution in [3.63, 3.8) is 0 Å². The van der Waals surface area contributed by atoms with Gasteiger partial charge in [0.05, 0.1) is 25.3 Å². The standard InChI is InChI=1S/C13H15ClN2O4/c14-10-6-9(12(17)18)7-11(15-10)16-3-1-2-13(8-16)19-4-5-20-13/h6-7H,1-5,8H2,(H,17,18). The summed E-state index contributed by atoms with van der Waals surface area (Å²) < 4.78 is 11.4. The first-order chi connectivity index (χ1) is 9.58. The van der Waals surface area contributed by atoms with E-state index >= 15 is 0 Å². The van der Waals surface area contributed by atoms with E-state index in [1.807, 2.05) is 4.90 Å². The van der Waals surface area contributed by atoms with Crippen LogP contribution in [0.1, 0.15) is 23.2 Å². The van der Waals surface area contributed by atoms with Crippen molar-refractivity contribution in [2.75, 3.05) is 31.2 Å². The summed E-state index contributed by atoms with van der Waals surface area (Å²) >= 11 is 5.90. The molecule has 2 saturated heterocycles. The van der Waals surface area contributed by atoms with Gasteiger partial charge >= 0.3 is 5.97 Å². The lowest BCUT2D eigenvalue weighted by Gasteiger charge is -2.39. The first kappa shape index (κ1) is 13.6. The van der Waals surface area contributed by atoms with Crippen LogP contribution in [0.15, 0.2) is 12.1 Å². The maximum absolute atomic E-state index is 11.1. The molecule has 6 nitrogen and oxygen atoms in total. The van der Waals surface area contributed by atoms with Crippen molar-refractivity contribution in [1.82, 2.24) is 4.98 Å². The van der Waals surface area contributed by atoms with Crippen LogP contribution < -0.4 is 4.90 Å². The topological polar surface area (TPSA) is 71.9 Å². The van der Waals surface area contributed by atoms with Crippen LogP contribution >= 0.6 is 11.6 Å². The molecule has 1 N–H and O–H groups in total. The normalized spacial score (nSPS) is 21.4. The smallest absolute Gasteiger partial charge is 0.335 e. The predicted molar refractivity (Wildman–Crippen MR) is 72.3 cm³/mol. The molecule has 2 fully saturated rings. The molecule has 1 aromatic rings. The summed E-state index contributed by atoms with van der Waals surface area (Å²) in [4.78, 5) is 17.3. The second-order valence-corrected chi connectivity index (χ2v) is 5.36. The Morgan fingerprint density at radius 3 is 2.85 bits per heavy atom. The SMILES string of the molecule is O=C(O)c1cc(Cl)nc(N2CCCC3(C2)OCCO3)c1. The molecule has 0 saturated carbocycles. The summed E-state index contributed by atoms with van der Waals surface area (Å²) in [5.41, 5.74) is 0.132. The van der Waals surface area contributed by atoms with E-state index in [1.54, 1.807) is 0 Å². The second-order valence-electron chi connectivity index (χ2n) is 4.97. The van der Waals surface area contributed by atoms with Gasteiger partial charge in [0.1, 0.15) is 11.0 Å². The Morgan fingerprint density at radius 1 is 1.40 bits per heavy atom. The average Bonchev–Trinajstić information content (AvgIpc) is 2.86. The number of carboxylic acids is 1. The lowest BCUT2D eigenvalue weighted by atomic mass is 10.0. The van der Waals surface area contributed by atoms with E-state index in [0.717, 1.165) is 19.4 Å². The minimum atomic E-state index is -1.02. The first-order valence-electron chi connectivity index (χ1n) is 6.52. The lowest BCUT2D eigenvalue weighted by Crippen LogP contribution is -2.49. The maximum atomic E-state index is 11.1. The number of nitrogens with zero attached hydrogens (tertiary/aromatic N) is 2. The Balaban J connectivity index is 1.86. The van der Waals surface area contributed by atoms with Crippen molar-refractivity contribution in [3.8, 4) is 0 Å². The quantitative estimate of drug-likeness (QED) is 0.839. The van der Waals surface area contributed by atoms with Crippen LogP contribution in [0.3, 0.4) is 0 Å². The van der Waals surface area contributed by atoms with Gasteiger partial charge in [0.2, 0.25) is 0 Å². The van der Waals surface area contributed by atoms with E-state index < -0.39 is 11.8 Å². The summed E-state index contributed by atoms with van der Waals surface area (Å²) in [5.74, 6) is -1.05. The number of carbonyl (C=O) groups is 1. The summed E-state index contributed by atoms with van der Waals surface area (Å²) in [5, 5.41) is 9.26. The Hall–Kier alpha value is -1.37. The molecule has 1 aromatic heterocycles. The predicted octanol–water partition coefficient (Wildman–Crippen LogP) is 1.78. The summed E-state index contributed by atoms with van der Waals surface area (Å²) in [7, 11) is 0. The minimum absolute atomic E-state index is 0.132. The average molecular weight is 299 g/mol. The molecular formula is C13H15ClN2O4. The van der Waals surface area contributed by atoms with Gasteiger partial charge in [-0.2, -0.15) is 0 Å². The molecule has 0 radical (unpaired) electrons. The number of ether oxygens (including phenoxy) is 2. The number of aromatic carboxylic acids is 1. The molecule has 3 rings (SSSR count). The van der Waals surface area contributed by atoms with Crippen molar-refractivity contribution in [1.29, 1.82) is 0 Å². The highest BCUT2D eigenvalue weighted by Crippen LogP contribution is 2.32. The van der Waals surface area contributed by atoms with E-state index in [-0.39, 0.29) is 10.7 Å². The monoisotopic (exact) mass is 298 g/mol. The van der Waals surface area contributed by atoms with Gasteiger partial charge in [0.25, 0.3) is 0 Å². The minimum Gasteiger partial charge on any atom is -0.478 e. The molecule has 0 aliphatic carbocycles. The highest BCUT2D eigenvalue weighted by Gasteiger charge is 2.41. The molecule has 0 amide bonds. The molecular weight excluding hydrogens is 284 g/mol. The molecule has 0 atom stereocenters. The van der Waals surface area contributed by atoms with Crippen LogP contribution in [0.4, 0.5) is 5.82 Å². The zero-order valence-electron chi connectivity index (χ0n) is 10.8. The second kappa shape index (κ2) is 5.20. The zero-order chi connectivity index (χ0) is 14.2. The number of carboxylic acid groups (broad SMARTS) is 1. The third-order valence-corrected chi connectivity index (χ3v) is 3.78. The first-order valence-corrected chi connectivity index (χ1v) is 6.90. The Bertz CT molecular complexity index is 531. The van der Waals surface area contributed by atoms with Gasteiger partial charge in [-0.25, -0.2) is 9.78 Å². The lowest BCUT2D eigenvalue weighted by molar-refractivity contribution is -0.161. The number of hydrogen-bond acceptors (Lipinski definition) is 5.